The van der Waals surface area contributed by atoms with Crippen LogP contribution in [0.5, 0.6) is 0 Å². The molecule has 2 aromatic carbocycles. The molecule has 22 heavy (non-hydrogen) atoms. The fraction of sp³-hybridized carbons (Fsp3) is 0.455. The molecule has 0 nitrogen and oxygen atoms in total. The molecule has 0 aliphatic heterocycles. The third-order valence-corrected chi connectivity index (χ3v) is 5.07. The van der Waals surface area contributed by atoms with Crippen LogP contribution in [0.3, 0.4) is 0 Å². The minimum atomic E-state index is 0.700. The summed E-state index contributed by atoms with van der Waals surface area (Å²) in [6.07, 6.45) is 4.89. The van der Waals surface area contributed by atoms with Gasteiger partial charge in [0, 0.05) is 0 Å². The van der Waals surface area contributed by atoms with Gasteiger partial charge in [0.15, 0.2) is 0 Å². The molecule has 0 aliphatic carbocycles. The molecule has 0 amide bonds. The fourth-order valence-electron chi connectivity index (χ4n) is 3.42. The average molecular weight is 294 g/mol. The Balaban J connectivity index is 2.18. The molecule has 0 N–H and O–H groups in total. The van der Waals surface area contributed by atoms with Gasteiger partial charge in [-0.05, 0) is 59.8 Å². The molecule has 0 atom stereocenters. The second-order valence-corrected chi connectivity index (χ2v) is 6.27. The van der Waals surface area contributed by atoms with E-state index in [4.69, 9.17) is 0 Å². The zero-order valence-corrected chi connectivity index (χ0v) is 14.6. The van der Waals surface area contributed by atoms with Crippen LogP contribution in [0.4, 0.5) is 0 Å². The molecule has 0 bridgehead atoms. The lowest BCUT2D eigenvalue weighted by molar-refractivity contribution is 0.642. The molecule has 0 saturated heterocycles. The van der Waals surface area contributed by atoms with Crippen LogP contribution in [0, 0.1) is 0 Å². The number of benzene rings is 2. The predicted molar refractivity (Wildman–Crippen MR) is 98.5 cm³/mol. The summed E-state index contributed by atoms with van der Waals surface area (Å²) in [6.45, 7) is 9.11. The highest BCUT2D eigenvalue weighted by atomic mass is 14.1. The Labute approximate surface area is 136 Å². The third-order valence-electron chi connectivity index (χ3n) is 5.07. The van der Waals surface area contributed by atoms with Crippen molar-refractivity contribution in [2.75, 3.05) is 0 Å². The molecule has 0 unspecified atom stereocenters. The van der Waals surface area contributed by atoms with Gasteiger partial charge in [0.05, 0.1) is 0 Å². The first kappa shape index (κ1) is 16.8. The van der Waals surface area contributed by atoms with Crippen LogP contribution >= 0.6 is 0 Å². The first-order chi connectivity index (χ1) is 10.7. The van der Waals surface area contributed by atoms with Gasteiger partial charge in [0.1, 0.15) is 0 Å². The van der Waals surface area contributed by atoms with E-state index in [1.54, 1.807) is 0 Å². The van der Waals surface area contributed by atoms with Gasteiger partial charge in [-0.3, -0.25) is 0 Å². The summed E-state index contributed by atoms with van der Waals surface area (Å²) in [5.74, 6) is 1.40. The van der Waals surface area contributed by atoms with Crippen LogP contribution in [-0.4, -0.2) is 0 Å². The minimum Gasteiger partial charge on any atom is -0.0648 e. The van der Waals surface area contributed by atoms with Crippen molar-refractivity contribution in [2.45, 2.75) is 65.2 Å². The van der Waals surface area contributed by atoms with Crippen LogP contribution in [0.1, 0.15) is 76.3 Å². The molecule has 0 aliphatic rings. The zero-order valence-electron chi connectivity index (χ0n) is 14.6. The highest BCUT2D eigenvalue weighted by Gasteiger charge is 2.08. The monoisotopic (exact) mass is 294 g/mol. The Kier molecular flexibility index (Phi) is 6.24. The van der Waals surface area contributed by atoms with Gasteiger partial charge in [-0.2, -0.15) is 0 Å². The molecule has 0 heterocycles. The molecular weight excluding hydrogens is 264 g/mol. The summed E-state index contributed by atoms with van der Waals surface area (Å²) < 4.78 is 0. The van der Waals surface area contributed by atoms with E-state index in [9.17, 15) is 0 Å². The third kappa shape index (κ3) is 3.80. The summed E-state index contributed by atoms with van der Waals surface area (Å²) in [4.78, 5) is 0. The SMILES string of the molecule is CCC(CC)c1ccc(-c2ccc(C(CC)CC)cc2)cc1. The molecule has 2 rings (SSSR count). The summed E-state index contributed by atoms with van der Waals surface area (Å²) in [6, 6.07) is 18.3. The van der Waals surface area contributed by atoms with Crippen LogP contribution in [0.25, 0.3) is 11.1 Å². The van der Waals surface area contributed by atoms with Crippen LogP contribution in [0.15, 0.2) is 48.5 Å². The first-order valence-electron chi connectivity index (χ1n) is 8.93. The maximum absolute atomic E-state index is 2.31. The standard InChI is InChI=1S/C22H30/c1-5-17(6-2)19-9-13-21(14-10-19)22-15-11-20(12-16-22)18(7-3)8-4/h9-18H,5-8H2,1-4H3. The largest absolute Gasteiger partial charge is 0.0648 e. The van der Waals surface area contributed by atoms with E-state index in [0.29, 0.717) is 11.8 Å². The number of rotatable bonds is 7. The van der Waals surface area contributed by atoms with Gasteiger partial charge in [-0.1, -0.05) is 76.2 Å². The fourth-order valence-corrected chi connectivity index (χ4v) is 3.42. The molecule has 0 aromatic heterocycles. The molecule has 0 heteroatoms. The molecule has 0 fully saturated rings. The molecular formula is C22H30. The molecule has 2 aromatic rings. The van der Waals surface area contributed by atoms with Crippen molar-refractivity contribution in [2.24, 2.45) is 0 Å². The predicted octanol–water partition coefficient (Wildman–Crippen LogP) is 7.16. The van der Waals surface area contributed by atoms with Crippen molar-refractivity contribution in [3.8, 4) is 11.1 Å². The summed E-state index contributed by atoms with van der Waals surface area (Å²) in [7, 11) is 0. The maximum Gasteiger partial charge on any atom is -0.0167 e. The molecule has 118 valence electrons. The van der Waals surface area contributed by atoms with Gasteiger partial charge in [-0.25, -0.2) is 0 Å². The highest BCUT2D eigenvalue weighted by molar-refractivity contribution is 5.64. The molecule has 0 radical (unpaired) electrons. The second-order valence-electron chi connectivity index (χ2n) is 6.27. The minimum absolute atomic E-state index is 0.700. The first-order valence-corrected chi connectivity index (χ1v) is 8.93. The topological polar surface area (TPSA) is 0 Å². The van der Waals surface area contributed by atoms with E-state index < -0.39 is 0 Å². The van der Waals surface area contributed by atoms with Gasteiger partial charge in [0.25, 0.3) is 0 Å². The van der Waals surface area contributed by atoms with Crippen molar-refractivity contribution in [1.82, 2.24) is 0 Å². The Morgan fingerprint density at radius 2 is 0.773 bits per heavy atom. The Morgan fingerprint density at radius 1 is 0.500 bits per heavy atom. The number of hydrogen-bond acceptors (Lipinski definition) is 0. The Hall–Kier alpha value is -1.56. The lowest BCUT2D eigenvalue weighted by Gasteiger charge is -2.15. The van der Waals surface area contributed by atoms with E-state index in [1.165, 1.54) is 47.9 Å². The van der Waals surface area contributed by atoms with Gasteiger partial charge in [-0.15, -0.1) is 0 Å². The van der Waals surface area contributed by atoms with Crippen molar-refractivity contribution >= 4 is 0 Å². The van der Waals surface area contributed by atoms with E-state index >= 15 is 0 Å². The quantitative estimate of drug-likeness (QED) is 0.508. The van der Waals surface area contributed by atoms with Crippen LogP contribution in [-0.2, 0) is 0 Å². The van der Waals surface area contributed by atoms with E-state index in [-0.39, 0.29) is 0 Å². The summed E-state index contributed by atoms with van der Waals surface area (Å²) in [5.41, 5.74) is 5.60. The number of hydrogen-bond donors (Lipinski definition) is 0. The van der Waals surface area contributed by atoms with Crippen molar-refractivity contribution in [3.05, 3.63) is 59.7 Å². The van der Waals surface area contributed by atoms with Crippen LogP contribution in [0.2, 0.25) is 0 Å². The molecule has 0 saturated carbocycles. The lowest BCUT2D eigenvalue weighted by atomic mass is 9.91. The Morgan fingerprint density at radius 3 is 1.00 bits per heavy atom. The van der Waals surface area contributed by atoms with Gasteiger partial charge >= 0.3 is 0 Å². The van der Waals surface area contributed by atoms with Crippen molar-refractivity contribution in [1.29, 1.82) is 0 Å². The van der Waals surface area contributed by atoms with Crippen molar-refractivity contribution < 1.29 is 0 Å². The normalized spacial score (nSPS) is 11.4. The Bertz CT molecular complexity index is 486. The van der Waals surface area contributed by atoms with Crippen LogP contribution < -0.4 is 0 Å². The van der Waals surface area contributed by atoms with Gasteiger partial charge in [0.2, 0.25) is 0 Å². The van der Waals surface area contributed by atoms with E-state index in [1.807, 2.05) is 0 Å². The van der Waals surface area contributed by atoms with Crippen molar-refractivity contribution in [3.63, 3.8) is 0 Å². The summed E-state index contributed by atoms with van der Waals surface area (Å²) >= 11 is 0. The lowest BCUT2D eigenvalue weighted by Crippen LogP contribution is -1.96. The maximum atomic E-state index is 2.31. The van der Waals surface area contributed by atoms with Gasteiger partial charge < -0.3 is 0 Å². The zero-order chi connectivity index (χ0) is 15.9. The average Bonchev–Trinajstić information content (AvgIpc) is 2.58. The molecule has 0 spiro atoms. The smallest absolute Gasteiger partial charge is 0.0167 e. The summed E-state index contributed by atoms with van der Waals surface area (Å²) in [5, 5.41) is 0. The van der Waals surface area contributed by atoms with E-state index in [2.05, 4.69) is 76.2 Å². The van der Waals surface area contributed by atoms with E-state index in [0.717, 1.165) is 0 Å². The second kappa shape index (κ2) is 8.17. The highest BCUT2D eigenvalue weighted by Crippen LogP contribution is 2.28.